The minimum atomic E-state index is -1.21. The third-order valence-electron chi connectivity index (χ3n) is 7.72. The molecule has 3 aliphatic rings. The quantitative estimate of drug-likeness (QED) is 0.656. The van der Waals surface area contributed by atoms with Gasteiger partial charge in [-0.3, -0.25) is 4.79 Å². The van der Waals surface area contributed by atoms with E-state index in [1.165, 1.54) is 21.8 Å². The summed E-state index contributed by atoms with van der Waals surface area (Å²) >= 11 is 0. The maximum atomic E-state index is 13.4. The Morgan fingerprint density at radius 3 is 2.35 bits per heavy atom. The van der Waals surface area contributed by atoms with Crippen LogP contribution in [0.15, 0.2) is 47.1 Å². The van der Waals surface area contributed by atoms with Crippen molar-refractivity contribution >= 4 is 35.0 Å². The van der Waals surface area contributed by atoms with Gasteiger partial charge < -0.3 is 10.0 Å². The molecule has 0 unspecified atom stereocenters. The highest BCUT2D eigenvalue weighted by Gasteiger charge is 2.42. The normalized spacial score (nSPS) is 21.5. The molecule has 0 saturated heterocycles. The summed E-state index contributed by atoms with van der Waals surface area (Å²) in [5, 5.41) is 15.2. The maximum Gasteiger partial charge on any atom is 0.357 e. The highest BCUT2D eigenvalue weighted by Crippen LogP contribution is 2.51. The lowest BCUT2D eigenvalue weighted by molar-refractivity contribution is -0.129. The van der Waals surface area contributed by atoms with E-state index >= 15 is 0 Å². The third-order valence-corrected chi connectivity index (χ3v) is 7.72. The number of rotatable bonds is 3. The van der Waals surface area contributed by atoms with Crippen LogP contribution in [-0.4, -0.2) is 35.8 Å². The number of carbonyl (C=O) groups excluding carboxylic acids is 1. The number of nitrogens with zero attached hydrogens (tertiary/aromatic N) is 3. The first kappa shape index (κ1) is 22.4. The van der Waals surface area contributed by atoms with Crippen molar-refractivity contribution in [1.82, 2.24) is 0 Å². The van der Waals surface area contributed by atoms with Crippen LogP contribution < -0.4 is 9.91 Å². The molecular weight excluding hydrogens is 426 g/mol. The molecule has 6 nitrogen and oxygen atoms in total. The smallest absolute Gasteiger partial charge is 0.357 e. The number of hydrogen-bond acceptors (Lipinski definition) is 4. The molecule has 3 heterocycles. The predicted octanol–water partition coefficient (Wildman–Crippen LogP) is 5.03. The molecule has 2 aromatic rings. The number of benzene rings is 2. The molecule has 3 aliphatic heterocycles. The topological polar surface area (TPSA) is 73.2 Å². The molecule has 34 heavy (non-hydrogen) atoms. The number of carbonyl (C=O) groups is 2. The second-order valence-corrected chi connectivity index (χ2v) is 10.9. The summed E-state index contributed by atoms with van der Waals surface area (Å²) in [4.78, 5) is 27.9. The molecule has 0 saturated carbocycles. The molecule has 176 valence electrons. The Balaban J connectivity index is 1.71. The third kappa shape index (κ3) is 3.35. The second kappa shape index (κ2) is 7.55. The number of anilines is 2. The van der Waals surface area contributed by atoms with Crippen molar-refractivity contribution < 1.29 is 14.7 Å². The summed E-state index contributed by atoms with van der Waals surface area (Å²) in [7, 11) is 0. The van der Waals surface area contributed by atoms with Crippen LogP contribution in [0.5, 0.6) is 0 Å². The van der Waals surface area contributed by atoms with Crippen molar-refractivity contribution in [2.75, 3.05) is 23.0 Å². The van der Waals surface area contributed by atoms with Gasteiger partial charge in [0.25, 0.3) is 5.91 Å². The molecule has 1 amide bonds. The van der Waals surface area contributed by atoms with Crippen LogP contribution in [0.3, 0.4) is 0 Å². The molecule has 1 N–H and O–H groups in total. The van der Waals surface area contributed by atoms with Crippen LogP contribution in [0, 0.1) is 6.92 Å². The zero-order valence-corrected chi connectivity index (χ0v) is 20.5. The Labute approximate surface area is 200 Å². The zero-order chi connectivity index (χ0) is 24.4. The van der Waals surface area contributed by atoms with Gasteiger partial charge in [0.15, 0.2) is 5.71 Å². The first-order valence-corrected chi connectivity index (χ1v) is 11.9. The Morgan fingerprint density at radius 1 is 1.06 bits per heavy atom. The van der Waals surface area contributed by atoms with E-state index in [4.69, 9.17) is 0 Å². The van der Waals surface area contributed by atoms with Crippen LogP contribution >= 0.6 is 0 Å². The average molecular weight is 458 g/mol. The Morgan fingerprint density at radius 2 is 1.71 bits per heavy atom. The Hall–Kier alpha value is -3.41. The molecule has 0 atom stereocenters. The van der Waals surface area contributed by atoms with Gasteiger partial charge in [-0.05, 0) is 77.1 Å². The average Bonchev–Trinajstić information content (AvgIpc) is 3.10. The van der Waals surface area contributed by atoms with Crippen LogP contribution in [0.2, 0.25) is 0 Å². The Bertz CT molecular complexity index is 1270. The van der Waals surface area contributed by atoms with Gasteiger partial charge >= 0.3 is 5.97 Å². The van der Waals surface area contributed by atoms with Crippen molar-refractivity contribution in [3.8, 4) is 0 Å². The summed E-state index contributed by atoms with van der Waals surface area (Å²) in [6, 6.07) is 11.1. The molecule has 6 heteroatoms. The standard InChI is InChI=1S/C28H31N3O3/c1-17-18(15-20-23(26(33)34)29-31(25(20)32)19-9-7-6-8-10-19)16-21-24-22(17)28(4,5)12-14-30(24)13-11-27(21,2)3/h6-10,15-16H,11-14H2,1-5H3,(H,33,34). The van der Waals surface area contributed by atoms with E-state index in [9.17, 15) is 14.7 Å². The summed E-state index contributed by atoms with van der Waals surface area (Å²) < 4.78 is 0. The molecule has 0 fully saturated rings. The van der Waals surface area contributed by atoms with E-state index < -0.39 is 11.9 Å². The van der Waals surface area contributed by atoms with Gasteiger partial charge in [-0.15, -0.1) is 0 Å². The van der Waals surface area contributed by atoms with Crippen LogP contribution in [0.4, 0.5) is 11.4 Å². The van der Waals surface area contributed by atoms with Crippen molar-refractivity contribution in [3.63, 3.8) is 0 Å². The van der Waals surface area contributed by atoms with Crippen molar-refractivity contribution in [3.05, 3.63) is 64.2 Å². The Kier molecular flexibility index (Phi) is 4.97. The SMILES string of the molecule is Cc1c(C=C2C(=O)N(c3ccccc3)N=C2C(=O)O)cc2c3c1C(C)(C)CCN3CCC2(C)C. The van der Waals surface area contributed by atoms with Gasteiger partial charge in [0.1, 0.15) is 0 Å². The number of hydrazone groups is 1. The molecule has 2 aromatic carbocycles. The fourth-order valence-corrected chi connectivity index (χ4v) is 5.64. The van der Waals surface area contributed by atoms with Gasteiger partial charge in [0, 0.05) is 18.8 Å². The monoisotopic (exact) mass is 457 g/mol. The van der Waals surface area contributed by atoms with Crippen molar-refractivity contribution in [2.45, 2.75) is 58.3 Å². The number of hydrogen-bond donors (Lipinski definition) is 1. The first-order chi connectivity index (χ1) is 16.0. The summed E-state index contributed by atoms with van der Waals surface area (Å²) in [6.45, 7) is 13.3. The highest BCUT2D eigenvalue weighted by atomic mass is 16.4. The minimum absolute atomic E-state index is 0.00552. The fraction of sp³-hybridized carbons (Fsp3) is 0.393. The van der Waals surface area contributed by atoms with Crippen molar-refractivity contribution in [1.29, 1.82) is 0 Å². The van der Waals surface area contributed by atoms with Gasteiger partial charge in [-0.2, -0.15) is 10.1 Å². The summed E-state index contributed by atoms with van der Waals surface area (Å²) in [5.74, 6) is -1.63. The number of amides is 1. The number of aliphatic carboxylic acids is 1. The second-order valence-electron chi connectivity index (χ2n) is 10.9. The van der Waals surface area contributed by atoms with Gasteiger partial charge in [0.05, 0.1) is 11.3 Å². The first-order valence-electron chi connectivity index (χ1n) is 11.9. The van der Waals surface area contributed by atoms with Crippen LogP contribution in [0.25, 0.3) is 6.08 Å². The zero-order valence-electron chi connectivity index (χ0n) is 20.5. The van der Waals surface area contributed by atoms with Crippen LogP contribution in [-0.2, 0) is 20.4 Å². The van der Waals surface area contributed by atoms with E-state index in [1.807, 2.05) is 6.07 Å². The maximum absolute atomic E-state index is 13.4. The van der Waals surface area contributed by atoms with Crippen molar-refractivity contribution in [2.24, 2.45) is 5.10 Å². The summed E-state index contributed by atoms with van der Waals surface area (Å²) in [5.41, 5.74) is 6.35. The number of carboxylic acids is 1. The van der Waals surface area contributed by atoms with E-state index in [1.54, 1.807) is 30.3 Å². The largest absolute Gasteiger partial charge is 0.476 e. The van der Waals surface area contributed by atoms with E-state index in [2.05, 4.69) is 50.7 Å². The molecule has 0 aromatic heterocycles. The molecule has 0 spiro atoms. The lowest BCUT2D eigenvalue weighted by atomic mass is 9.67. The van der Waals surface area contributed by atoms with E-state index in [0.717, 1.165) is 37.1 Å². The molecule has 0 bridgehead atoms. The van der Waals surface area contributed by atoms with E-state index in [-0.39, 0.29) is 22.1 Å². The van der Waals surface area contributed by atoms with Gasteiger partial charge in [0.2, 0.25) is 0 Å². The number of para-hydroxylation sites is 1. The molecular formula is C28H31N3O3. The van der Waals surface area contributed by atoms with E-state index in [0.29, 0.717) is 5.69 Å². The molecule has 0 radical (unpaired) electrons. The number of carboxylic acid groups (broad SMARTS) is 1. The lowest BCUT2D eigenvalue weighted by Crippen LogP contribution is -2.45. The lowest BCUT2D eigenvalue weighted by Gasteiger charge is -2.49. The fourth-order valence-electron chi connectivity index (χ4n) is 5.64. The minimum Gasteiger partial charge on any atom is -0.476 e. The van der Waals surface area contributed by atoms with Gasteiger partial charge in [-0.1, -0.05) is 45.9 Å². The molecule has 0 aliphatic carbocycles. The summed E-state index contributed by atoms with van der Waals surface area (Å²) in [6.07, 6.45) is 3.86. The predicted molar refractivity (Wildman–Crippen MR) is 136 cm³/mol. The highest BCUT2D eigenvalue weighted by molar-refractivity contribution is 6.53. The van der Waals surface area contributed by atoms with Crippen LogP contribution in [0.1, 0.15) is 62.8 Å². The molecule has 5 rings (SSSR count). The van der Waals surface area contributed by atoms with Gasteiger partial charge in [-0.25, -0.2) is 4.79 Å².